The van der Waals surface area contributed by atoms with Crippen LogP contribution in [0.5, 0.6) is 0 Å². The maximum absolute atomic E-state index is 9.25. The van der Waals surface area contributed by atoms with Gasteiger partial charge >= 0.3 is 0 Å². The molecule has 0 radical (unpaired) electrons. The van der Waals surface area contributed by atoms with Crippen LogP contribution in [0.1, 0.15) is 40.5 Å². The minimum atomic E-state index is 0.135. The molecule has 0 saturated carbocycles. The maximum atomic E-state index is 9.25. The fourth-order valence-corrected chi connectivity index (χ4v) is 2.52. The second-order valence-corrected chi connectivity index (χ2v) is 5.88. The van der Waals surface area contributed by atoms with Crippen molar-refractivity contribution in [1.82, 2.24) is 0 Å². The summed E-state index contributed by atoms with van der Waals surface area (Å²) in [6, 6.07) is 0.135. The smallest absolute Gasteiger partial charge is 0.0565 e. The lowest BCUT2D eigenvalue weighted by atomic mass is 10.1. The molecule has 0 fully saturated rings. The molecule has 0 aliphatic rings. The lowest BCUT2D eigenvalue weighted by molar-refractivity contribution is 0.279. The van der Waals surface area contributed by atoms with Gasteiger partial charge < -0.3 is 10.8 Å². The van der Waals surface area contributed by atoms with Crippen molar-refractivity contribution in [3.63, 3.8) is 0 Å². The highest BCUT2D eigenvalue weighted by Gasteiger charge is 2.20. The molecule has 86 valence electrons. The van der Waals surface area contributed by atoms with Crippen molar-refractivity contribution < 1.29 is 5.11 Å². The first-order chi connectivity index (χ1) is 6.52. The fraction of sp³-hybridized carbons (Fsp3) is 1.00. The van der Waals surface area contributed by atoms with E-state index in [4.69, 9.17) is 5.73 Å². The molecule has 3 heteroatoms. The second-order valence-electron chi connectivity index (χ2n) is 4.26. The van der Waals surface area contributed by atoms with Crippen LogP contribution in [-0.4, -0.2) is 28.3 Å². The van der Waals surface area contributed by atoms with E-state index >= 15 is 0 Å². The summed E-state index contributed by atoms with van der Waals surface area (Å²) in [6.45, 7) is 8.94. The van der Waals surface area contributed by atoms with E-state index in [1.165, 1.54) is 0 Å². The first-order valence-electron chi connectivity index (χ1n) is 5.54. The van der Waals surface area contributed by atoms with Gasteiger partial charge in [0.2, 0.25) is 0 Å². The van der Waals surface area contributed by atoms with Gasteiger partial charge in [0.15, 0.2) is 0 Å². The summed E-state index contributed by atoms with van der Waals surface area (Å²) in [7, 11) is 0. The van der Waals surface area contributed by atoms with E-state index < -0.39 is 0 Å². The number of thioether (sulfide) groups is 1. The monoisotopic (exact) mass is 219 g/mol. The lowest BCUT2D eigenvalue weighted by Gasteiger charge is -2.26. The molecule has 0 amide bonds. The average Bonchev–Trinajstić information content (AvgIpc) is 2.13. The molecular formula is C11H25NOS. The van der Waals surface area contributed by atoms with Gasteiger partial charge in [-0.05, 0) is 12.3 Å². The molecule has 0 heterocycles. The molecule has 0 spiro atoms. The topological polar surface area (TPSA) is 46.2 Å². The van der Waals surface area contributed by atoms with Crippen LogP contribution in [-0.2, 0) is 0 Å². The fourth-order valence-electron chi connectivity index (χ4n) is 1.23. The molecule has 0 rings (SSSR count). The zero-order valence-electron chi connectivity index (χ0n) is 9.86. The lowest BCUT2D eigenvalue weighted by Crippen LogP contribution is -2.36. The Labute approximate surface area is 92.6 Å². The predicted octanol–water partition coefficient (Wildman–Crippen LogP) is 2.25. The van der Waals surface area contributed by atoms with Gasteiger partial charge in [0.05, 0.1) is 6.61 Å². The standard InChI is InChI=1S/C11H25NOS/c1-5-6-10(12)11(7-13)14-9(4)8(2)3/h8-11,13H,5-7,12H2,1-4H3. The van der Waals surface area contributed by atoms with E-state index in [2.05, 4.69) is 27.7 Å². The van der Waals surface area contributed by atoms with Gasteiger partial charge in [0, 0.05) is 16.5 Å². The number of rotatable bonds is 7. The van der Waals surface area contributed by atoms with Crippen molar-refractivity contribution in [2.75, 3.05) is 6.61 Å². The third-order valence-corrected chi connectivity index (χ3v) is 4.43. The summed E-state index contributed by atoms with van der Waals surface area (Å²) in [6.07, 6.45) is 2.09. The second kappa shape index (κ2) is 7.55. The Bertz CT molecular complexity index is 141. The Morgan fingerprint density at radius 3 is 2.21 bits per heavy atom. The van der Waals surface area contributed by atoms with E-state index in [0.29, 0.717) is 11.2 Å². The van der Waals surface area contributed by atoms with Gasteiger partial charge in [-0.3, -0.25) is 0 Å². The van der Waals surface area contributed by atoms with E-state index in [0.717, 1.165) is 12.8 Å². The Morgan fingerprint density at radius 1 is 1.29 bits per heavy atom. The molecule has 2 nitrogen and oxygen atoms in total. The molecule has 0 saturated heterocycles. The zero-order chi connectivity index (χ0) is 11.1. The van der Waals surface area contributed by atoms with Crippen molar-refractivity contribution in [3.05, 3.63) is 0 Å². The molecule has 0 aromatic carbocycles. The van der Waals surface area contributed by atoms with Gasteiger partial charge in [0.25, 0.3) is 0 Å². The molecule has 0 aromatic rings. The van der Waals surface area contributed by atoms with Crippen molar-refractivity contribution in [2.45, 2.75) is 57.1 Å². The van der Waals surface area contributed by atoms with Gasteiger partial charge in [-0.1, -0.05) is 34.1 Å². The molecule has 3 N–H and O–H groups in total. The molecule has 0 aliphatic heterocycles. The number of aliphatic hydroxyl groups is 1. The summed E-state index contributed by atoms with van der Waals surface area (Å²) in [5, 5.41) is 10.0. The highest BCUT2D eigenvalue weighted by Crippen LogP contribution is 2.26. The maximum Gasteiger partial charge on any atom is 0.0565 e. The molecule has 3 unspecified atom stereocenters. The molecule has 14 heavy (non-hydrogen) atoms. The van der Waals surface area contributed by atoms with E-state index in [-0.39, 0.29) is 17.9 Å². The molecule has 0 aromatic heterocycles. The molecular weight excluding hydrogens is 194 g/mol. The Hall–Kier alpha value is 0.270. The van der Waals surface area contributed by atoms with Crippen LogP contribution in [0.3, 0.4) is 0 Å². The minimum absolute atomic E-state index is 0.135. The van der Waals surface area contributed by atoms with Crippen molar-refractivity contribution in [2.24, 2.45) is 11.7 Å². The number of hydrogen-bond donors (Lipinski definition) is 2. The molecule has 3 atom stereocenters. The van der Waals surface area contributed by atoms with E-state index in [1.54, 1.807) is 0 Å². The van der Waals surface area contributed by atoms with Gasteiger partial charge in [-0.25, -0.2) is 0 Å². The number of hydrogen-bond acceptors (Lipinski definition) is 3. The van der Waals surface area contributed by atoms with Crippen LogP contribution in [0, 0.1) is 5.92 Å². The van der Waals surface area contributed by atoms with Crippen molar-refractivity contribution >= 4 is 11.8 Å². The Kier molecular flexibility index (Phi) is 7.69. The molecule has 0 aliphatic carbocycles. The predicted molar refractivity (Wildman–Crippen MR) is 65.6 cm³/mol. The summed E-state index contributed by atoms with van der Waals surface area (Å²) in [5.74, 6) is 0.642. The third-order valence-electron chi connectivity index (χ3n) is 2.61. The van der Waals surface area contributed by atoms with Gasteiger partial charge in [0.1, 0.15) is 0 Å². The quantitative estimate of drug-likeness (QED) is 0.690. The van der Waals surface area contributed by atoms with Crippen molar-refractivity contribution in [3.8, 4) is 0 Å². The Balaban J connectivity index is 4.00. The highest BCUT2D eigenvalue weighted by atomic mass is 32.2. The van der Waals surface area contributed by atoms with Gasteiger partial charge in [-0.2, -0.15) is 11.8 Å². The number of aliphatic hydroxyl groups excluding tert-OH is 1. The zero-order valence-corrected chi connectivity index (χ0v) is 10.7. The average molecular weight is 219 g/mol. The summed E-state index contributed by atoms with van der Waals surface area (Å²) >= 11 is 1.83. The first-order valence-corrected chi connectivity index (χ1v) is 6.49. The summed E-state index contributed by atoms with van der Waals surface area (Å²) in [5.41, 5.74) is 6.01. The summed E-state index contributed by atoms with van der Waals surface area (Å²) < 4.78 is 0. The molecule has 0 bridgehead atoms. The van der Waals surface area contributed by atoms with Crippen LogP contribution in [0.15, 0.2) is 0 Å². The van der Waals surface area contributed by atoms with Crippen LogP contribution in [0.2, 0.25) is 0 Å². The van der Waals surface area contributed by atoms with E-state index in [1.807, 2.05) is 11.8 Å². The van der Waals surface area contributed by atoms with Gasteiger partial charge in [-0.15, -0.1) is 0 Å². The Morgan fingerprint density at radius 2 is 1.86 bits per heavy atom. The van der Waals surface area contributed by atoms with Crippen LogP contribution >= 0.6 is 11.8 Å². The van der Waals surface area contributed by atoms with Crippen LogP contribution in [0.4, 0.5) is 0 Å². The summed E-state index contributed by atoms with van der Waals surface area (Å²) in [4.78, 5) is 0. The first kappa shape index (κ1) is 14.3. The largest absolute Gasteiger partial charge is 0.395 e. The number of nitrogens with two attached hydrogens (primary N) is 1. The van der Waals surface area contributed by atoms with Crippen molar-refractivity contribution in [1.29, 1.82) is 0 Å². The van der Waals surface area contributed by atoms with Crippen LogP contribution in [0.25, 0.3) is 0 Å². The SMILES string of the molecule is CCCC(N)C(CO)SC(C)C(C)C. The normalized spacial score (nSPS) is 18.2. The van der Waals surface area contributed by atoms with E-state index in [9.17, 15) is 5.11 Å². The third kappa shape index (κ3) is 5.23. The minimum Gasteiger partial charge on any atom is -0.395 e. The highest BCUT2D eigenvalue weighted by molar-refractivity contribution is 8.00. The van der Waals surface area contributed by atoms with Crippen LogP contribution < -0.4 is 5.73 Å².